The molecule has 2 amide bonds. The van der Waals surface area contributed by atoms with E-state index in [1.165, 1.54) is 0 Å². The highest BCUT2D eigenvalue weighted by atomic mass is 16.2. The average molecular weight is 395 g/mol. The summed E-state index contributed by atoms with van der Waals surface area (Å²) in [5.41, 5.74) is 8.71. The highest BCUT2D eigenvalue weighted by Crippen LogP contribution is 2.37. The van der Waals surface area contributed by atoms with Gasteiger partial charge in [0.2, 0.25) is 0 Å². The van der Waals surface area contributed by atoms with Crippen molar-refractivity contribution in [1.82, 2.24) is 9.88 Å². The minimum atomic E-state index is -0.421. The molecule has 0 radical (unpaired) electrons. The number of benzene rings is 1. The van der Waals surface area contributed by atoms with Gasteiger partial charge in [-0.15, -0.1) is 0 Å². The monoisotopic (exact) mass is 394 g/mol. The summed E-state index contributed by atoms with van der Waals surface area (Å²) in [6.45, 7) is 12.2. The van der Waals surface area contributed by atoms with Crippen molar-refractivity contribution in [1.29, 1.82) is 0 Å². The molecule has 29 heavy (non-hydrogen) atoms. The van der Waals surface area contributed by atoms with Gasteiger partial charge < -0.3 is 15.5 Å². The van der Waals surface area contributed by atoms with Gasteiger partial charge in [-0.25, -0.2) is 9.78 Å². The largest absolute Gasteiger partial charge is 0.368 e. The van der Waals surface area contributed by atoms with Gasteiger partial charge in [-0.2, -0.15) is 0 Å². The molecular formula is C22H30N6O. The lowest BCUT2D eigenvalue weighted by molar-refractivity contribution is 0.128. The summed E-state index contributed by atoms with van der Waals surface area (Å²) in [6.07, 6.45) is 1.96. The number of primary amides is 1. The number of nitrogens with two attached hydrogens (primary N) is 1. The lowest BCUT2D eigenvalue weighted by atomic mass is 10.0. The van der Waals surface area contributed by atoms with Gasteiger partial charge >= 0.3 is 6.03 Å². The topological polar surface area (TPSA) is 68.9 Å². The number of nitrogens with zero attached hydrogens (tertiary/aromatic N) is 5. The predicted molar refractivity (Wildman–Crippen MR) is 118 cm³/mol. The first-order valence-electron chi connectivity index (χ1n) is 10.2. The summed E-state index contributed by atoms with van der Waals surface area (Å²) in [7, 11) is 0. The lowest BCUT2D eigenvalue weighted by Crippen LogP contribution is -2.53. The van der Waals surface area contributed by atoms with E-state index in [9.17, 15) is 4.79 Å². The number of aromatic nitrogens is 1. The molecule has 2 N–H and O–H groups in total. The minimum Gasteiger partial charge on any atom is -0.368 e. The Hall–Kier alpha value is -2.80. The van der Waals surface area contributed by atoms with E-state index in [0.717, 1.165) is 49.1 Å². The number of urea groups is 1. The summed E-state index contributed by atoms with van der Waals surface area (Å²) >= 11 is 0. The maximum Gasteiger partial charge on any atom is 0.319 e. The van der Waals surface area contributed by atoms with Crippen LogP contribution in [-0.4, -0.2) is 60.7 Å². The standard InChI is InChI=1S/C22H30N6O/c1-22(2,3)26-12-10-25(11-13-26)17-8-9-20(24-16-17)27-14-15-28(21(23)29)19-7-5-4-6-18(19)27/h4-9,16H,10-15H2,1-3H3,(H2,23,29). The van der Waals surface area contributed by atoms with Crippen LogP contribution in [0.1, 0.15) is 20.8 Å². The SMILES string of the molecule is CC(C)(C)N1CCN(c2ccc(N3CCN(C(N)=O)c4ccccc43)nc2)CC1. The molecule has 0 saturated carbocycles. The molecule has 0 bridgehead atoms. The Bertz CT molecular complexity index is 868. The Morgan fingerprint density at radius 3 is 2.21 bits per heavy atom. The summed E-state index contributed by atoms with van der Waals surface area (Å²) in [5.74, 6) is 0.888. The number of hydrogen-bond acceptors (Lipinski definition) is 5. The van der Waals surface area contributed by atoms with Gasteiger partial charge in [-0.1, -0.05) is 12.1 Å². The molecule has 2 aromatic rings. The third-order valence-corrected chi connectivity index (χ3v) is 5.88. The number of carbonyl (C=O) groups is 1. The van der Waals surface area contributed by atoms with Crippen LogP contribution in [0.15, 0.2) is 42.6 Å². The number of rotatable bonds is 2. The van der Waals surface area contributed by atoms with Crippen LogP contribution in [0.25, 0.3) is 0 Å². The zero-order chi connectivity index (χ0) is 20.6. The van der Waals surface area contributed by atoms with Crippen molar-refractivity contribution >= 4 is 28.9 Å². The highest BCUT2D eigenvalue weighted by molar-refractivity contribution is 5.96. The van der Waals surface area contributed by atoms with Crippen molar-refractivity contribution in [3.05, 3.63) is 42.6 Å². The quantitative estimate of drug-likeness (QED) is 0.848. The molecule has 0 atom stereocenters. The first-order valence-corrected chi connectivity index (χ1v) is 10.2. The van der Waals surface area contributed by atoms with Crippen molar-refractivity contribution in [2.75, 3.05) is 54.0 Å². The van der Waals surface area contributed by atoms with Crippen molar-refractivity contribution in [3.8, 4) is 0 Å². The fourth-order valence-electron chi connectivity index (χ4n) is 4.19. The number of pyridine rings is 1. The second-order valence-corrected chi connectivity index (χ2v) is 8.65. The van der Waals surface area contributed by atoms with Gasteiger partial charge in [0.25, 0.3) is 0 Å². The van der Waals surface area contributed by atoms with Gasteiger partial charge in [0.15, 0.2) is 0 Å². The average Bonchev–Trinajstić information content (AvgIpc) is 2.72. The van der Waals surface area contributed by atoms with E-state index < -0.39 is 6.03 Å². The fraction of sp³-hybridized carbons (Fsp3) is 0.455. The van der Waals surface area contributed by atoms with Crippen LogP contribution in [0.3, 0.4) is 0 Å². The zero-order valence-corrected chi connectivity index (χ0v) is 17.5. The van der Waals surface area contributed by atoms with E-state index in [1.807, 2.05) is 30.5 Å². The molecule has 1 fully saturated rings. The number of carbonyl (C=O) groups excluding carboxylic acids is 1. The summed E-state index contributed by atoms with van der Waals surface area (Å²) in [5, 5.41) is 0. The third-order valence-electron chi connectivity index (χ3n) is 5.88. The second kappa shape index (κ2) is 7.55. The lowest BCUT2D eigenvalue weighted by Gasteiger charge is -2.43. The third kappa shape index (κ3) is 3.87. The Labute approximate surface area is 172 Å². The van der Waals surface area contributed by atoms with E-state index in [0.29, 0.717) is 13.1 Å². The van der Waals surface area contributed by atoms with Gasteiger partial charge in [0, 0.05) is 44.8 Å². The van der Waals surface area contributed by atoms with E-state index >= 15 is 0 Å². The van der Waals surface area contributed by atoms with Crippen LogP contribution in [0.4, 0.5) is 27.7 Å². The number of amides is 2. The molecule has 0 aliphatic carbocycles. The molecule has 1 aromatic heterocycles. The minimum absolute atomic E-state index is 0.217. The zero-order valence-electron chi connectivity index (χ0n) is 17.5. The predicted octanol–water partition coefficient (Wildman–Crippen LogP) is 3.04. The van der Waals surface area contributed by atoms with E-state index in [-0.39, 0.29) is 5.54 Å². The highest BCUT2D eigenvalue weighted by Gasteiger charge is 2.28. The van der Waals surface area contributed by atoms with Crippen molar-refractivity contribution in [2.24, 2.45) is 5.73 Å². The number of piperazine rings is 1. The molecule has 1 saturated heterocycles. The van der Waals surface area contributed by atoms with Crippen LogP contribution in [-0.2, 0) is 0 Å². The second-order valence-electron chi connectivity index (χ2n) is 8.65. The molecule has 4 rings (SSSR count). The van der Waals surface area contributed by atoms with Gasteiger partial charge in [0.1, 0.15) is 5.82 Å². The van der Waals surface area contributed by atoms with Crippen molar-refractivity contribution in [2.45, 2.75) is 26.3 Å². The Morgan fingerprint density at radius 1 is 0.931 bits per heavy atom. The normalized spacial score (nSPS) is 18.0. The Morgan fingerprint density at radius 2 is 1.62 bits per heavy atom. The number of fused-ring (bicyclic) bond motifs is 1. The fourth-order valence-corrected chi connectivity index (χ4v) is 4.19. The van der Waals surface area contributed by atoms with E-state index in [2.05, 4.69) is 47.6 Å². The van der Waals surface area contributed by atoms with Gasteiger partial charge in [-0.3, -0.25) is 9.80 Å². The molecule has 1 aromatic carbocycles. The molecule has 0 spiro atoms. The van der Waals surface area contributed by atoms with Crippen LogP contribution in [0.2, 0.25) is 0 Å². The maximum atomic E-state index is 11.8. The van der Waals surface area contributed by atoms with Crippen LogP contribution in [0, 0.1) is 0 Å². The number of anilines is 4. The molecular weight excluding hydrogens is 364 g/mol. The van der Waals surface area contributed by atoms with Crippen molar-refractivity contribution < 1.29 is 4.79 Å². The number of hydrogen-bond donors (Lipinski definition) is 1. The summed E-state index contributed by atoms with van der Waals surface area (Å²) < 4.78 is 0. The molecule has 2 aliphatic heterocycles. The number of para-hydroxylation sites is 2. The van der Waals surface area contributed by atoms with Crippen LogP contribution < -0.4 is 20.4 Å². The first kappa shape index (κ1) is 19.5. The molecule has 2 aliphatic rings. The summed E-state index contributed by atoms with van der Waals surface area (Å²) in [4.78, 5) is 25.2. The Kier molecular flexibility index (Phi) is 5.08. The first-order chi connectivity index (χ1) is 13.8. The molecule has 154 valence electrons. The summed E-state index contributed by atoms with van der Waals surface area (Å²) in [6, 6.07) is 11.6. The Balaban J connectivity index is 1.50. The van der Waals surface area contributed by atoms with Gasteiger partial charge in [-0.05, 0) is 45.0 Å². The molecule has 7 nitrogen and oxygen atoms in total. The van der Waals surface area contributed by atoms with E-state index in [1.54, 1.807) is 4.90 Å². The molecule has 7 heteroatoms. The van der Waals surface area contributed by atoms with Crippen LogP contribution >= 0.6 is 0 Å². The smallest absolute Gasteiger partial charge is 0.319 e. The molecule has 0 unspecified atom stereocenters. The maximum absolute atomic E-state index is 11.8. The molecule has 3 heterocycles. The van der Waals surface area contributed by atoms with Crippen molar-refractivity contribution in [3.63, 3.8) is 0 Å². The van der Waals surface area contributed by atoms with Gasteiger partial charge in [0.05, 0.1) is 23.3 Å². The van der Waals surface area contributed by atoms with Crippen LogP contribution in [0.5, 0.6) is 0 Å². The van der Waals surface area contributed by atoms with E-state index in [4.69, 9.17) is 10.7 Å².